The summed E-state index contributed by atoms with van der Waals surface area (Å²) in [7, 11) is 0. The lowest BCUT2D eigenvalue weighted by Crippen LogP contribution is -2.51. The molecule has 2 aliphatic heterocycles. The highest BCUT2D eigenvalue weighted by molar-refractivity contribution is 5.99. The van der Waals surface area contributed by atoms with Gasteiger partial charge in [-0.1, -0.05) is 18.2 Å². The van der Waals surface area contributed by atoms with Crippen molar-refractivity contribution in [2.24, 2.45) is 0 Å². The topological polar surface area (TPSA) is 61.9 Å². The zero-order chi connectivity index (χ0) is 17.2. The van der Waals surface area contributed by atoms with Crippen LogP contribution in [0.2, 0.25) is 0 Å². The first-order chi connectivity index (χ1) is 12.2. The third-order valence-corrected chi connectivity index (χ3v) is 4.88. The number of rotatable bonds is 4. The molecule has 2 fully saturated rings. The van der Waals surface area contributed by atoms with Crippen LogP contribution in [0.1, 0.15) is 18.4 Å². The Hall–Kier alpha value is -2.34. The maximum atomic E-state index is 12.7. The summed E-state index contributed by atoms with van der Waals surface area (Å²) in [6.45, 7) is 3.50. The van der Waals surface area contributed by atoms with Crippen molar-refractivity contribution in [3.05, 3.63) is 35.4 Å². The van der Waals surface area contributed by atoms with Gasteiger partial charge in [-0.15, -0.1) is 0 Å². The minimum atomic E-state index is 0.0385. The van der Waals surface area contributed by atoms with E-state index in [2.05, 4.69) is 10.2 Å². The van der Waals surface area contributed by atoms with Crippen LogP contribution in [0, 0.1) is 0 Å². The fourth-order valence-corrected chi connectivity index (χ4v) is 3.26. The second-order valence-corrected chi connectivity index (χ2v) is 6.91. The first-order valence-corrected chi connectivity index (χ1v) is 8.92. The average molecular weight is 341 g/mol. The number of nitrogens with zero attached hydrogens (tertiary/aromatic N) is 2. The average Bonchev–Trinajstić information content (AvgIpc) is 3.45. The van der Waals surface area contributed by atoms with Crippen LogP contribution in [0.15, 0.2) is 29.8 Å². The fourth-order valence-electron chi connectivity index (χ4n) is 3.26. The fraction of sp³-hybridized carbons (Fsp3) is 0.474. The molecule has 0 bridgehead atoms. The van der Waals surface area contributed by atoms with Crippen molar-refractivity contribution in [1.82, 2.24) is 15.1 Å². The van der Waals surface area contributed by atoms with E-state index in [0.717, 1.165) is 37.2 Å². The van der Waals surface area contributed by atoms with Crippen molar-refractivity contribution >= 4 is 17.9 Å². The largest absolute Gasteiger partial charge is 0.488 e. The Kier molecular flexibility index (Phi) is 4.44. The zero-order valence-corrected chi connectivity index (χ0v) is 14.2. The second-order valence-electron chi connectivity index (χ2n) is 6.91. The first-order valence-electron chi connectivity index (χ1n) is 8.92. The quantitative estimate of drug-likeness (QED) is 0.883. The summed E-state index contributed by atoms with van der Waals surface area (Å²) in [5.41, 5.74) is 1.64. The zero-order valence-electron chi connectivity index (χ0n) is 14.2. The van der Waals surface area contributed by atoms with Crippen LogP contribution in [0.3, 0.4) is 0 Å². The highest BCUT2D eigenvalue weighted by Crippen LogP contribution is 2.26. The monoisotopic (exact) mass is 341 g/mol. The molecule has 1 aromatic carbocycles. The molecule has 1 N–H and O–H groups in total. The summed E-state index contributed by atoms with van der Waals surface area (Å²) in [5, 5.41) is 3.01. The number of nitrogens with one attached hydrogen (secondary N) is 1. The normalized spacial score (nSPS) is 20.3. The summed E-state index contributed by atoms with van der Waals surface area (Å²) in [6, 6.07) is 8.14. The smallest absolute Gasteiger partial charge is 0.253 e. The molecule has 0 atom stereocenters. The van der Waals surface area contributed by atoms with Crippen LogP contribution in [0.5, 0.6) is 5.75 Å². The van der Waals surface area contributed by atoms with Crippen molar-refractivity contribution in [2.75, 3.05) is 39.3 Å². The van der Waals surface area contributed by atoms with Crippen molar-refractivity contribution in [1.29, 1.82) is 0 Å². The lowest BCUT2D eigenvalue weighted by molar-refractivity contribution is -0.129. The predicted molar refractivity (Wildman–Crippen MR) is 94.1 cm³/mol. The van der Waals surface area contributed by atoms with Gasteiger partial charge in [0.15, 0.2) is 0 Å². The van der Waals surface area contributed by atoms with E-state index in [9.17, 15) is 9.59 Å². The van der Waals surface area contributed by atoms with Crippen LogP contribution in [-0.4, -0.2) is 67.0 Å². The number of fused-ring (bicyclic) bond motifs is 1. The van der Waals surface area contributed by atoms with Crippen LogP contribution in [-0.2, 0) is 9.59 Å². The standard InChI is InChI=1S/C19H23N3O3/c23-18(20-16-5-6-16)12-21-7-9-22(10-8-21)19(24)15-11-14-3-1-2-4-17(14)25-13-15/h1-4,11,16H,5-10,12-13H2,(H,20,23). The van der Waals surface area contributed by atoms with Gasteiger partial charge in [0.05, 0.1) is 12.1 Å². The lowest BCUT2D eigenvalue weighted by atomic mass is 10.1. The van der Waals surface area contributed by atoms with E-state index < -0.39 is 0 Å². The Labute approximate surface area is 147 Å². The van der Waals surface area contributed by atoms with Gasteiger partial charge < -0.3 is 15.0 Å². The van der Waals surface area contributed by atoms with E-state index in [1.165, 1.54) is 0 Å². The number of ether oxygens (including phenoxy) is 1. The van der Waals surface area contributed by atoms with Gasteiger partial charge in [0, 0.05) is 37.8 Å². The Bertz CT molecular complexity index is 704. The van der Waals surface area contributed by atoms with Gasteiger partial charge in [0.25, 0.3) is 5.91 Å². The molecule has 1 saturated carbocycles. The minimum Gasteiger partial charge on any atom is -0.488 e. The molecule has 2 amide bonds. The number of carbonyl (C=O) groups excluding carboxylic acids is 2. The molecule has 1 aliphatic carbocycles. The molecular weight excluding hydrogens is 318 g/mol. The van der Waals surface area contributed by atoms with Gasteiger partial charge in [-0.25, -0.2) is 0 Å². The molecule has 3 aliphatic rings. The number of benzene rings is 1. The summed E-state index contributed by atoms with van der Waals surface area (Å²) in [6.07, 6.45) is 4.14. The number of hydrogen-bond acceptors (Lipinski definition) is 4. The molecule has 6 heteroatoms. The molecular formula is C19H23N3O3. The molecule has 0 radical (unpaired) electrons. The summed E-state index contributed by atoms with van der Waals surface area (Å²) in [4.78, 5) is 28.6. The van der Waals surface area contributed by atoms with Crippen LogP contribution in [0.25, 0.3) is 6.08 Å². The van der Waals surface area contributed by atoms with Crippen molar-refractivity contribution < 1.29 is 14.3 Å². The number of para-hydroxylation sites is 1. The SMILES string of the molecule is O=C(CN1CCN(C(=O)C2=Cc3ccccc3OC2)CC1)NC1CC1. The van der Waals surface area contributed by atoms with Crippen LogP contribution >= 0.6 is 0 Å². The number of carbonyl (C=O) groups is 2. The molecule has 4 rings (SSSR count). The molecule has 0 aromatic heterocycles. The molecule has 6 nitrogen and oxygen atoms in total. The Balaban J connectivity index is 1.31. The molecule has 25 heavy (non-hydrogen) atoms. The van der Waals surface area contributed by atoms with Crippen molar-refractivity contribution in [2.45, 2.75) is 18.9 Å². The summed E-state index contributed by atoms with van der Waals surface area (Å²) < 4.78 is 5.69. The Morgan fingerprint density at radius 3 is 2.64 bits per heavy atom. The Morgan fingerprint density at radius 1 is 1.12 bits per heavy atom. The number of piperazine rings is 1. The van der Waals surface area contributed by atoms with Gasteiger partial charge in [0.1, 0.15) is 12.4 Å². The highest BCUT2D eigenvalue weighted by atomic mass is 16.5. The van der Waals surface area contributed by atoms with Crippen LogP contribution < -0.4 is 10.1 Å². The van der Waals surface area contributed by atoms with Crippen molar-refractivity contribution in [3.8, 4) is 5.75 Å². The first kappa shape index (κ1) is 16.1. The molecule has 132 valence electrons. The van der Waals surface area contributed by atoms with Gasteiger partial charge in [-0.3, -0.25) is 14.5 Å². The highest BCUT2D eigenvalue weighted by Gasteiger charge is 2.28. The molecule has 1 aromatic rings. The Morgan fingerprint density at radius 2 is 1.88 bits per heavy atom. The van der Waals surface area contributed by atoms with Gasteiger partial charge >= 0.3 is 0 Å². The second kappa shape index (κ2) is 6.88. The van der Waals surface area contributed by atoms with E-state index in [1.54, 1.807) is 0 Å². The molecule has 1 saturated heterocycles. The van der Waals surface area contributed by atoms with Gasteiger partial charge in [0.2, 0.25) is 5.91 Å². The van der Waals surface area contributed by atoms with E-state index in [0.29, 0.717) is 37.9 Å². The van der Waals surface area contributed by atoms with Gasteiger partial charge in [-0.05, 0) is 25.0 Å². The van der Waals surface area contributed by atoms with Gasteiger partial charge in [-0.2, -0.15) is 0 Å². The number of amides is 2. The van der Waals surface area contributed by atoms with Crippen molar-refractivity contribution in [3.63, 3.8) is 0 Å². The van der Waals surface area contributed by atoms with Crippen LogP contribution in [0.4, 0.5) is 0 Å². The van der Waals surface area contributed by atoms with E-state index in [-0.39, 0.29) is 11.8 Å². The summed E-state index contributed by atoms with van der Waals surface area (Å²) in [5.74, 6) is 0.962. The maximum Gasteiger partial charge on any atom is 0.253 e. The predicted octanol–water partition coefficient (Wildman–Crippen LogP) is 0.885. The minimum absolute atomic E-state index is 0.0385. The third kappa shape index (κ3) is 3.85. The maximum absolute atomic E-state index is 12.7. The van der Waals surface area contributed by atoms with E-state index in [1.807, 2.05) is 35.2 Å². The number of hydrogen-bond donors (Lipinski definition) is 1. The summed E-state index contributed by atoms with van der Waals surface area (Å²) >= 11 is 0. The van der Waals surface area contributed by atoms with E-state index >= 15 is 0 Å². The third-order valence-electron chi connectivity index (χ3n) is 4.88. The van der Waals surface area contributed by atoms with E-state index in [4.69, 9.17) is 4.74 Å². The molecule has 0 unspecified atom stereocenters. The lowest BCUT2D eigenvalue weighted by Gasteiger charge is -2.35. The molecule has 2 heterocycles. The molecule has 0 spiro atoms.